The van der Waals surface area contributed by atoms with E-state index in [-0.39, 0.29) is 6.04 Å². The summed E-state index contributed by atoms with van der Waals surface area (Å²) >= 11 is 0. The highest BCUT2D eigenvalue weighted by Gasteiger charge is 2.27. The molecule has 5 heteroatoms. The molecule has 1 saturated carbocycles. The fourth-order valence-electron chi connectivity index (χ4n) is 2.39. The number of hydrogen-bond donors (Lipinski definition) is 1. The molecule has 1 aromatic heterocycles. The molecule has 0 aromatic carbocycles. The third kappa shape index (κ3) is 2.41. The number of hydrogen-bond acceptors (Lipinski definition) is 4. The van der Waals surface area contributed by atoms with Gasteiger partial charge < -0.3 is 15.0 Å². The van der Waals surface area contributed by atoms with Gasteiger partial charge in [-0.2, -0.15) is 0 Å². The third-order valence-electron chi connectivity index (χ3n) is 3.33. The summed E-state index contributed by atoms with van der Waals surface area (Å²) in [6.45, 7) is 1.50. The molecule has 2 unspecified atom stereocenters. The normalized spacial score (nSPS) is 25.9. The van der Waals surface area contributed by atoms with Gasteiger partial charge in [-0.3, -0.25) is 0 Å². The molecular weight excluding hydrogens is 204 g/mol. The minimum atomic E-state index is 0.235. The Morgan fingerprint density at radius 3 is 3.06 bits per heavy atom. The first kappa shape index (κ1) is 11.5. The molecular formula is C11H20N4O. The minimum absolute atomic E-state index is 0.235. The lowest BCUT2D eigenvalue weighted by atomic mass is 9.84. The second kappa shape index (κ2) is 5.41. The zero-order valence-electron chi connectivity index (χ0n) is 9.80. The summed E-state index contributed by atoms with van der Waals surface area (Å²) in [5.74, 6) is 1.40. The number of ether oxygens (including phenoxy) is 1. The molecule has 1 aliphatic rings. The lowest BCUT2D eigenvalue weighted by molar-refractivity contribution is 0.185. The second-order valence-electron chi connectivity index (χ2n) is 4.43. The maximum atomic E-state index is 6.16. The van der Waals surface area contributed by atoms with Gasteiger partial charge in [-0.25, -0.2) is 0 Å². The van der Waals surface area contributed by atoms with E-state index < -0.39 is 0 Å². The van der Waals surface area contributed by atoms with Gasteiger partial charge in [0.2, 0.25) is 0 Å². The standard InChI is InChI=1S/C11H20N4O/c1-16-7-6-15-8-13-14-11(15)9-4-2-3-5-10(9)12/h8-10H,2-7,12H2,1H3. The van der Waals surface area contributed by atoms with E-state index in [1.165, 1.54) is 12.8 Å². The van der Waals surface area contributed by atoms with Crippen LogP contribution in [0.5, 0.6) is 0 Å². The number of nitrogens with zero attached hydrogens (tertiary/aromatic N) is 3. The van der Waals surface area contributed by atoms with Gasteiger partial charge in [0.15, 0.2) is 0 Å². The molecule has 0 spiro atoms. The summed E-state index contributed by atoms with van der Waals surface area (Å²) in [5.41, 5.74) is 6.16. The van der Waals surface area contributed by atoms with Crippen LogP contribution in [0.2, 0.25) is 0 Å². The molecule has 5 nitrogen and oxygen atoms in total. The van der Waals surface area contributed by atoms with Gasteiger partial charge in [-0.1, -0.05) is 12.8 Å². The van der Waals surface area contributed by atoms with Crippen LogP contribution in [0.1, 0.15) is 37.4 Å². The molecule has 16 heavy (non-hydrogen) atoms. The molecule has 0 bridgehead atoms. The zero-order chi connectivity index (χ0) is 11.4. The van der Waals surface area contributed by atoms with Crippen LogP contribution in [0, 0.1) is 0 Å². The van der Waals surface area contributed by atoms with Crippen molar-refractivity contribution in [2.75, 3.05) is 13.7 Å². The first-order valence-electron chi connectivity index (χ1n) is 5.95. The zero-order valence-corrected chi connectivity index (χ0v) is 9.80. The Bertz CT molecular complexity index is 326. The van der Waals surface area contributed by atoms with Crippen molar-refractivity contribution in [2.45, 2.75) is 44.2 Å². The molecule has 90 valence electrons. The van der Waals surface area contributed by atoms with Gasteiger partial charge in [-0.15, -0.1) is 10.2 Å². The molecule has 1 aliphatic carbocycles. The van der Waals surface area contributed by atoms with Crippen LogP contribution in [-0.4, -0.2) is 34.5 Å². The summed E-state index contributed by atoms with van der Waals surface area (Å²) in [6.07, 6.45) is 6.49. The van der Waals surface area contributed by atoms with Crippen LogP contribution in [0.3, 0.4) is 0 Å². The Morgan fingerprint density at radius 1 is 1.50 bits per heavy atom. The number of nitrogens with two attached hydrogens (primary N) is 1. The maximum Gasteiger partial charge on any atom is 0.137 e. The Labute approximate surface area is 96.0 Å². The average molecular weight is 224 g/mol. The van der Waals surface area contributed by atoms with E-state index in [0.717, 1.165) is 25.2 Å². The monoisotopic (exact) mass is 224 g/mol. The van der Waals surface area contributed by atoms with Crippen molar-refractivity contribution in [3.8, 4) is 0 Å². The van der Waals surface area contributed by atoms with Crippen LogP contribution in [0.15, 0.2) is 6.33 Å². The number of aromatic nitrogens is 3. The van der Waals surface area contributed by atoms with Crippen molar-refractivity contribution in [3.63, 3.8) is 0 Å². The highest BCUT2D eigenvalue weighted by atomic mass is 16.5. The van der Waals surface area contributed by atoms with Gasteiger partial charge in [0.1, 0.15) is 12.2 Å². The van der Waals surface area contributed by atoms with E-state index in [0.29, 0.717) is 12.5 Å². The largest absolute Gasteiger partial charge is 0.383 e. The first-order chi connectivity index (χ1) is 7.83. The summed E-state index contributed by atoms with van der Waals surface area (Å²) < 4.78 is 7.15. The molecule has 2 rings (SSSR count). The van der Waals surface area contributed by atoms with Crippen molar-refractivity contribution < 1.29 is 4.74 Å². The molecule has 0 aliphatic heterocycles. The predicted molar refractivity (Wildman–Crippen MR) is 61.1 cm³/mol. The quantitative estimate of drug-likeness (QED) is 0.825. The molecule has 1 aromatic rings. The molecule has 0 amide bonds. The number of rotatable bonds is 4. The van der Waals surface area contributed by atoms with Crippen molar-refractivity contribution in [3.05, 3.63) is 12.2 Å². The average Bonchev–Trinajstić information content (AvgIpc) is 2.75. The first-order valence-corrected chi connectivity index (χ1v) is 5.95. The van der Waals surface area contributed by atoms with Gasteiger partial charge in [-0.05, 0) is 12.8 Å². The summed E-state index contributed by atoms with van der Waals surface area (Å²) in [7, 11) is 1.70. The molecule has 2 N–H and O–H groups in total. The lowest BCUT2D eigenvalue weighted by Gasteiger charge is -2.27. The topological polar surface area (TPSA) is 66.0 Å². The van der Waals surface area contributed by atoms with Crippen LogP contribution >= 0.6 is 0 Å². The van der Waals surface area contributed by atoms with Gasteiger partial charge in [0.25, 0.3) is 0 Å². The molecule has 1 fully saturated rings. The van der Waals surface area contributed by atoms with Gasteiger partial charge >= 0.3 is 0 Å². The van der Waals surface area contributed by atoms with Gasteiger partial charge in [0, 0.05) is 25.6 Å². The summed E-state index contributed by atoms with van der Waals surface area (Å²) in [4.78, 5) is 0. The van der Waals surface area contributed by atoms with E-state index in [1.54, 1.807) is 13.4 Å². The summed E-state index contributed by atoms with van der Waals surface area (Å²) in [6, 6.07) is 0.235. The summed E-state index contributed by atoms with van der Waals surface area (Å²) in [5, 5.41) is 8.21. The van der Waals surface area contributed by atoms with E-state index in [2.05, 4.69) is 14.8 Å². The Morgan fingerprint density at radius 2 is 2.31 bits per heavy atom. The second-order valence-corrected chi connectivity index (χ2v) is 4.43. The van der Waals surface area contributed by atoms with E-state index >= 15 is 0 Å². The smallest absolute Gasteiger partial charge is 0.137 e. The van der Waals surface area contributed by atoms with Crippen LogP contribution in [0.25, 0.3) is 0 Å². The number of methoxy groups -OCH3 is 1. The maximum absolute atomic E-state index is 6.16. The van der Waals surface area contributed by atoms with Crippen molar-refractivity contribution in [2.24, 2.45) is 5.73 Å². The van der Waals surface area contributed by atoms with E-state index in [1.807, 2.05) is 0 Å². The van der Waals surface area contributed by atoms with Gasteiger partial charge in [0.05, 0.1) is 6.61 Å². The Kier molecular flexibility index (Phi) is 3.90. The molecule has 0 saturated heterocycles. The Balaban J connectivity index is 2.09. The highest BCUT2D eigenvalue weighted by Crippen LogP contribution is 2.30. The van der Waals surface area contributed by atoms with Crippen LogP contribution < -0.4 is 5.73 Å². The van der Waals surface area contributed by atoms with Crippen LogP contribution in [0.4, 0.5) is 0 Å². The Hall–Kier alpha value is -0.940. The molecule has 1 heterocycles. The fraction of sp³-hybridized carbons (Fsp3) is 0.818. The van der Waals surface area contributed by atoms with Crippen molar-refractivity contribution >= 4 is 0 Å². The SMILES string of the molecule is COCCn1cnnc1C1CCCCC1N. The third-order valence-corrected chi connectivity index (χ3v) is 3.33. The van der Waals surface area contributed by atoms with Crippen LogP contribution in [-0.2, 0) is 11.3 Å². The van der Waals surface area contributed by atoms with Crippen molar-refractivity contribution in [1.82, 2.24) is 14.8 Å². The molecule has 0 radical (unpaired) electrons. The fourth-order valence-corrected chi connectivity index (χ4v) is 2.39. The minimum Gasteiger partial charge on any atom is -0.383 e. The predicted octanol–water partition coefficient (Wildman–Crippen LogP) is 0.909. The van der Waals surface area contributed by atoms with E-state index in [9.17, 15) is 0 Å². The van der Waals surface area contributed by atoms with E-state index in [4.69, 9.17) is 10.5 Å². The lowest BCUT2D eigenvalue weighted by Crippen LogP contribution is -2.33. The molecule has 2 atom stereocenters. The van der Waals surface area contributed by atoms with Crippen molar-refractivity contribution in [1.29, 1.82) is 0 Å². The highest BCUT2D eigenvalue weighted by molar-refractivity contribution is 5.03.